The van der Waals surface area contributed by atoms with Gasteiger partial charge in [-0.1, -0.05) is 39.3 Å². The first kappa shape index (κ1) is 54.2. The van der Waals surface area contributed by atoms with Crippen LogP contribution < -0.4 is 0 Å². The minimum absolute atomic E-state index is 0.0147. The molecule has 0 aromatic rings. The molecule has 0 radical (unpaired) electrons. The second kappa shape index (κ2) is 20.6. The summed E-state index contributed by atoms with van der Waals surface area (Å²) in [5, 5.41) is 131. The van der Waals surface area contributed by atoms with Crippen LogP contribution in [0.2, 0.25) is 0 Å². The van der Waals surface area contributed by atoms with E-state index in [1.807, 2.05) is 0 Å². The topological polar surface area (TPSA) is 335 Å². The summed E-state index contributed by atoms with van der Waals surface area (Å²) in [6.07, 6.45) is -24.9. The van der Waals surface area contributed by atoms with E-state index in [0.717, 1.165) is 44.1 Å². The first-order chi connectivity index (χ1) is 34.1. The van der Waals surface area contributed by atoms with Gasteiger partial charge in [-0.25, -0.2) is 0 Å². The molecule has 0 amide bonds. The highest BCUT2D eigenvalue weighted by molar-refractivity contribution is 5.29. The largest absolute Gasteiger partial charge is 0.394 e. The molecule has 0 bridgehead atoms. The number of aliphatic hydroxyl groups excluding tert-OH is 12. The van der Waals surface area contributed by atoms with Crippen molar-refractivity contribution in [1.29, 1.82) is 0 Å². The normalized spacial score (nSPS) is 57.8. The molecule has 12 N–H and O–H groups in total. The molecule has 0 aromatic heterocycles. The van der Waals surface area contributed by atoms with Gasteiger partial charge in [0.05, 0.1) is 50.8 Å². The van der Waals surface area contributed by atoms with Gasteiger partial charge in [-0.3, -0.25) is 0 Å². The first-order valence-electron chi connectivity index (χ1n) is 26.4. The van der Waals surface area contributed by atoms with Crippen molar-refractivity contribution in [2.24, 2.45) is 46.3 Å². The van der Waals surface area contributed by atoms with E-state index < -0.39 is 160 Å². The predicted molar refractivity (Wildman–Crippen MR) is 242 cm³/mol. The smallest absolute Gasteiger partial charge is 0.187 e. The third kappa shape index (κ3) is 8.99. The number of hydrogen-bond acceptors (Lipinski definition) is 22. The van der Waals surface area contributed by atoms with Crippen molar-refractivity contribution in [3.63, 3.8) is 0 Å². The molecule has 1 spiro atoms. The zero-order valence-electron chi connectivity index (χ0n) is 41.7. The number of ether oxygens (including phenoxy) is 10. The van der Waals surface area contributed by atoms with E-state index in [0.29, 0.717) is 30.8 Å². The van der Waals surface area contributed by atoms with Crippen LogP contribution in [0, 0.1) is 46.3 Å². The Morgan fingerprint density at radius 1 is 0.625 bits per heavy atom. The van der Waals surface area contributed by atoms with Gasteiger partial charge in [-0.15, -0.1) is 0 Å². The highest BCUT2D eigenvalue weighted by atomic mass is 16.8. The van der Waals surface area contributed by atoms with E-state index >= 15 is 0 Å². The predicted octanol–water partition coefficient (Wildman–Crippen LogP) is -2.35. The van der Waals surface area contributed by atoms with Gasteiger partial charge in [0.2, 0.25) is 0 Å². The molecule has 9 fully saturated rings. The van der Waals surface area contributed by atoms with Gasteiger partial charge in [-0.2, -0.15) is 0 Å². The van der Waals surface area contributed by atoms with Crippen LogP contribution in [0.3, 0.4) is 0 Å². The summed E-state index contributed by atoms with van der Waals surface area (Å²) in [4.78, 5) is 0. The Balaban J connectivity index is 0.950. The van der Waals surface area contributed by atoms with E-state index in [-0.39, 0.29) is 35.7 Å². The molecule has 72 heavy (non-hydrogen) atoms. The molecule has 31 atom stereocenters. The fourth-order valence-corrected chi connectivity index (χ4v) is 15.3. The van der Waals surface area contributed by atoms with Gasteiger partial charge in [0.1, 0.15) is 85.5 Å². The number of fused-ring (bicyclic) bond motifs is 7. The molecule has 22 heteroatoms. The minimum atomic E-state index is -1.95. The summed E-state index contributed by atoms with van der Waals surface area (Å²) in [6.45, 7) is 9.25. The quantitative estimate of drug-likeness (QED) is 0.102. The highest BCUT2D eigenvalue weighted by Gasteiger charge is 2.70. The van der Waals surface area contributed by atoms with Crippen molar-refractivity contribution in [3.05, 3.63) is 11.6 Å². The Morgan fingerprint density at radius 2 is 1.29 bits per heavy atom. The van der Waals surface area contributed by atoms with Crippen LogP contribution in [0.5, 0.6) is 0 Å². The molecule has 0 aromatic carbocycles. The monoisotopic (exact) mass is 1030 g/mol. The van der Waals surface area contributed by atoms with Gasteiger partial charge < -0.3 is 109 Å². The molecule has 6 heterocycles. The summed E-state index contributed by atoms with van der Waals surface area (Å²) in [6, 6.07) is 0. The number of rotatable bonds is 10. The van der Waals surface area contributed by atoms with Crippen molar-refractivity contribution >= 4 is 0 Å². The highest BCUT2D eigenvalue weighted by Crippen LogP contribution is 2.71. The van der Waals surface area contributed by atoms with Crippen LogP contribution >= 0.6 is 0 Å². The Morgan fingerprint density at radius 3 is 2.00 bits per heavy atom. The maximum atomic E-state index is 12.0. The van der Waals surface area contributed by atoms with Crippen LogP contribution in [0.15, 0.2) is 11.6 Å². The van der Waals surface area contributed by atoms with Gasteiger partial charge in [0, 0.05) is 24.2 Å². The van der Waals surface area contributed by atoms with Gasteiger partial charge in [-0.05, 0) is 80.5 Å². The zero-order chi connectivity index (χ0) is 51.5. The molecule has 10 rings (SSSR count). The second-order valence-electron chi connectivity index (χ2n) is 23.5. The van der Waals surface area contributed by atoms with Crippen LogP contribution in [0.1, 0.15) is 86.0 Å². The zero-order valence-corrected chi connectivity index (χ0v) is 41.7. The second-order valence-corrected chi connectivity index (χ2v) is 23.5. The third-order valence-electron chi connectivity index (χ3n) is 19.5. The van der Waals surface area contributed by atoms with Gasteiger partial charge in [0.15, 0.2) is 30.9 Å². The Labute approximate surface area is 419 Å². The van der Waals surface area contributed by atoms with Crippen molar-refractivity contribution < 1.29 is 109 Å². The maximum Gasteiger partial charge on any atom is 0.187 e. The summed E-state index contributed by atoms with van der Waals surface area (Å²) in [5.74, 6) is 1.11. The van der Waals surface area contributed by atoms with E-state index in [1.54, 1.807) is 0 Å². The van der Waals surface area contributed by atoms with Crippen molar-refractivity contribution in [2.75, 3.05) is 26.4 Å². The molecule has 6 saturated heterocycles. The van der Waals surface area contributed by atoms with E-state index in [9.17, 15) is 61.3 Å². The minimum Gasteiger partial charge on any atom is -0.394 e. The van der Waals surface area contributed by atoms with Crippen molar-refractivity contribution in [3.8, 4) is 0 Å². The first-order valence-corrected chi connectivity index (χ1v) is 26.4. The molecule has 3 saturated carbocycles. The Hall–Kier alpha value is -1.14. The fraction of sp³-hybridized carbons (Fsp3) is 0.960. The lowest BCUT2D eigenvalue weighted by atomic mass is 9.46. The maximum absolute atomic E-state index is 12.0. The molecular weight excluding hydrogens is 953 g/mol. The van der Waals surface area contributed by atoms with Crippen molar-refractivity contribution in [1.82, 2.24) is 0 Å². The average molecular weight is 1030 g/mol. The number of hydrogen-bond donors (Lipinski definition) is 12. The average Bonchev–Trinajstić information content (AvgIpc) is 3.80. The Bertz CT molecular complexity index is 1910. The summed E-state index contributed by atoms with van der Waals surface area (Å²) in [5.41, 5.74) is 0.342. The number of allylic oxidation sites excluding steroid dienone is 1. The summed E-state index contributed by atoms with van der Waals surface area (Å²) >= 11 is 0. The lowest BCUT2D eigenvalue weighted by molar-refractivity contribution is -0.401. The van der Waals surface area contributed by atoms with Crippen LogP contribution in [-0.2, 0) is 47.4 Å². The van der Waals surface area contributed by atoms with Gasteiger partial charge in [0.25, 0.3) is 0 Å². The summed E-state index contributed by atoms with van der Waals surface area (Å²) in [7, 11) is 0. The summed E-state index contributed by atoms with van der Waals surface area (Å²) < 4.78 is 63.0. The lowest BCUT2D eigenvalue weighted by Gasteiger charge is -2.61. The van der Waals surface area contributed by atoms with E-state index in [1.165, 1.54) is 6.92 Å². The van der Waals surface area contributed by atoms with E-state index in [4.69, 9.17) is 47.4 Å². The molecular formula is C50H80O22. The fourth-order valence-electron chi connectivity index (χ4n) is 15.3. The SMILES string of the molecule is CC1CCC2(OC1)OC1CC3C4CC=C5CC(O)CC(OC6OC(CO)C(O)C(OC7OCC(O)C(O)C7O)C6OC6OC(C)C(O)C(OC7OC(CO)C(O)C(O)C7O)C6O)C5(C)C4CCC3(C)C1C2C. The molecule has 6 aliphatic heterocycles. The third-order valence-corrected chi connectivity index (χ3v) is 19.5. The van der Waals surface area contributed by atoms with E-state index in [2.05, 4.69) is 33.8 Å². The van der Waals surface area contributed by atoms with Crippen LogP contribution in [-0.4, -0.2) is 229 Å². The van der Waals surface area contributed by atoms with Crippen LogP contribution in [0.25, 0.3) is 0 Å². The van der Waals surface area contributed by atoms with Gasteiger partial charge >= 0.3 is 0 Å². The Kier molecular flexibility index (Phi) is 15.5. The van der Waals surface area contributed by atoms with Crippen molar-refractivity contribution in [2.45, 2.75) is 227 Å². The number of aliphatic hydroxyl groups is 12. The molecule has 4 aliphatic carbocycles. The molecule has 412 valence electrons. The standard InChI is InChI=1S/C50H80O22/c1-19-8-11-50(64-17-19)20(2)32-28(72-50)14-26-24-7-6-22-12-23(53)13-31(49(22,5)25(24)9-10-48(26,32)4)68-47-43(42(36(58)30(16-52)67-47)70-44-38(60)34(56)27(54)18-63-44)71-46-40(62)41(33(55)21(3)65-46)69-45-39(61)37(59)35(57)29(15-51)66-45/h6,19-21,23-47,51-62H,7-18H2,1-5H3. The lowest BCUT2D eigenvalue weighted by Crippen LogP contribution is -2.68. The van der Waals surface area contributed by atoms with Crippen LogP contribution in [0.4, 0.5) is 0 Å². The molecule has 31 unspecified atom stereocenters. The molecule has 10 aliphatic rings. The molecule has 22 nitrogen and oxygen atoms in total.